The van der Waals surface area contributed by atoms with Crippen LogP contribution in [0.3, 0.4) is 0 Å². The zero-order valence-corrected chi connectivity index (χ0v) is 9.40. The van der Waals surface area contributed by atoms with Gasteiger partial charge in [0.1, 0.15) is 5.02 Å². The van der Waals surface area contributed by atoms with E-state index < -0.39 is 0 Å². The van der Waals surface area contributed by atoms with Crippen molar-refractivity contribution in [2.45, 2.75) is 6.54 Å². The van der Waals surface area contributed by atoms with Crippen LogP contribution < -0.4 is 5.73 Å². The zero-order chi connectivity index (χ0) is 10.1. The highest BCUT2D eigenvalue weighted by Crippen LogP contribution is 2.23. The van der Waals surface area contributed by atoms with Crippen molar-refractivity contribution in [2.24, 2.45) is 0 Å². The molecule has 2 rings (SSSR count). The summed E-state index contributed by atoms with van der Waals surface area (Å²) in [6, 6.07) is 3.81. The number of aromatic nitrogens is 2. The lowest BCUT2D eigenvalue weighted by Gasteiger charge is -1.96. The van der Waals surface area contributed by atoms with Gasteiger partial charge in [-0.15, -0.1) is 11.3 Å². The lowest BCUT2D eigenvalue weighted by molar-refractivity contribution is 0.698. The molecule has 6 heteroatoms. The van der Waals surface area contributed by atoms with Crippen LogP contribution in [0.1, 0.15) is 4.88 Å². The SMILES string of the molecule is Nc1nn(Cc2ccc(Cl)s2)cc1Cl. The average molecular weight is 248 g/mol. The first kappa shape index (κ1) is 9.83. The molecular formula is C8H7Cl2N3S. The van der Waals surface area contributed by atoms with E-state index in [1.165, 1.54) is 11.3 Å². The maximum Gasteiger partial charge on any atom is 0.164 e. The molecule has 2 aromatic heterocycles. The van der Waals surface area contributed by atoms with Gasteiger partial charge in [-0.25, -0.2) is 0 Å². The summed E-state index contributed by atoms with van der Waals surface area (Å²) in [7, 11) is 0. The molecule has 0 saturated carbocycles. The summed E-state index contributed by atoms with van der Waals surface area (Å²) in [4.78, 5) is 1.12. The number of nitrogen functional groups attached to an aromatic ring is 1. The van der Waals surface area contributed by atoms with Crippen molar-refractivity contribution in [1.29, 1.82) is 0 Å². The molecule has 2 aromatic rings. The Labute approximate surface area is 95.0 Å². The highest BCUT2D eigenvalue weighted by Gasteiger charge is 2.04. The molecule has 0 aliphatic heterocycles. The van der Waals surface area contributed by atoms with Crippen LogP contribution in [-0.2, 0) is 6.54 Å². The lowest BCUT2D eigenvalue weighted by atomic mass is 10.5. The van der Waals surface area contributed by atoms with Gasteiger partial charge in [0.2, 0.25) is 0 Å². The van der Waals surface area contributed by atoms with Gasteiger partial charge < -0.3 is 5.73 Å². The van der Waals surface area contributed by atoms with E-state index in [4.69, 9.17) is 28.9 Å². The van der Waals surface area contributed by atoms with E-state index in [9.17, 15) is 0 Å². The minimum atomic E-state index is 0.356. The van der Waals surface area contributed by atoms with Gasteiger partial charge in [0, 0.05) is 11.1 Å². The maximum absolute atomic E-state index is 5.80. The summed E-state index contributed by atoms with van der Waals surface area (Å²) in [5.41, 5.74) is 5.51. The molecule has 2 heterocycles. The van der Waals surface area contributed by atoms with E-state index in [-0.39, 0.29) is 0 Å². The lowest BCUT2D eigenvalue weighted by Crippen LogP contribution is -1.99. The molecule has 2 N–H and O–H groups in total. The molecule has 0 fully saturated rings. The fourth-order valence-electron chi connectivity index (χ4n) is 1.09. The molecule has 0 aliphatic rings. The summed E-state index contributed by atoms with van der Waals surface area (Å²) < 4.78 is 2.46. The van der Waals surface area contributed by atoms with Crippen molar-refractivity contribution in [1.82, 2.24) is 9.78 Å². The van der Waals surface area contributed by atoms with Crippen LogP contribution in [0.4, 0.5) is 5.82 Å². The van der Waals surface area contributed by atoms with E-state index in [1.807, 2.05) is 12.1 Å². The first-order valence-electron chi connectivity index (χ1n) is 3.88. The summed E-state index contributed by atoms with van der Waals surface area (Å²) in [6.45, 7) is 0.647. The number of nitrogens with two attached hydrogens (primary N) is 1. The van der Waals surface area contributed by atoms with Crippen LogP contribution in [0.2, 0.25) is 9.36 Å². The number of anilines is 1. The fourth-order valence-corrected chi connectivity index (χ4v) is 2.32. The van der Waals surface area contributed by atoms with Crippen molar-refractivity contribution >= 4 is 40.4 Å². The Balaban J connectivity index is 2.18. The Morgan fingerprint density at radius 3 is 2.71 bits per heavy atom. The predicted octanol–water partition coefficient (Wildman–Crippen LogP) is 2.88. The van der Waals surface area contributed by atoms with E-state index >= 15 is 0 Å². The van der Waals surface area contributed by atoms with Gasteiger partial charge in [-0.2, -0.15) is 5.10 Å². The summed E-state index contributed by atoms with van der Waals surface area (Å²) in [6.07, 6.45) is 1.70. The van der Waals surface area contributed by atoms with Crippen LogP contribution in [0, 0.1) is 0 Å². The third-order valence-corrected chi connectivity index (χ3v) is 3.20. The van der Waals surface area contributed by atoms with Crippen molar-refractivity contribution in [3.63, 3.8) is 0 Å². The maximum atomic E-state index is 5.80. The van der Waals surface area contributed by atoms with E-state index in [0.29, 0.717) is 17.4 Å². The molecule has 0 atom stereocenters. The van der Waals surface area contributed by atoms with Crippen LogP contribution in [-0.4, -0.2) is 9.78 Å². The first-order valence-corrected chi connectivity index (χ1v) is 5.45. The molecule has 0 unspecified atom stereocenters. The first-order chi connectivity index (χ1) is 6.65. The van der Waals surface area contributed by atoms with Gasteiger partial charge in [0.15, 0.2) is 5.82 Å². The Morgan fingerprint density at radius 2 is 2.21 bits per heavy atom. The predicted molar refractivity (Wildman–Crippen MR) is 60.1 cm³/mol. The molecule has 0 bridgehead atoms. The van der Waals surface area contributed by atoms with Crippen LogP contribution in [0.25, 0.3) is 0 Å². The standard InChI is InChI=1S/C8H7Cl2N3S/c9-6-4-13(12-8(6)11)3-5-1-2-7(10)14-5/h1-2,4H,3H2,(H2,11,12). The Morgan fingerprint density at radius 1 is 1.43 bits per heavy atom. The molecule has 0 radical (unpaired) electrons. The quantitative estimate of drug-likeness (QED) is 0.887. The molecule has 0 amide bonds. The Kier molecular flexibility index (Phi) is 2.67. The summed E-state index contributed by atoms with van der Waals surface area (Å²) >= 11 is 13.1. The molecule has 0 aliphatic carbocycles. The van der Waals surface area contributed by atoms with Crippen molar-refractivity contribution in [3.8, 4) is 0 Å². The molecule has 0 spiro atoms. The van der Waals surface area contributed by atoms with Crippen molar-refractivity contribution < 1.29 is 0 Å². The molecule has 0 aromatic carbocycles. The summed E-state index contributed by atoms with van der Waals surface area (Å²) in [5.74, 6) is 0.356. The summed E-state index contributed by atoms with van der Waals surface area (Å²) in [5, 5.41) is 4.52. The van der Waals surface area contributed by atoms with Crippen molar-refractivity contribution in [2.75, 3.05) is 5.73 Å². The van der Waals surface area contributed by atoms with Crippen molar-refractivity contribution in [3.05, 3.63) is 32.6 Å². The van der Waals surface area contributed by atoms with Gasteiger partial charge in [-0.05, 0) is 12.1 Å². The third-order valence-electron chi connectivity index (χ3n) is 1.69. The fraction of sp³-hybridized carbons (Fsp3) is 0.125. The molecule has 0 saturated heterocycles. The minimum absolute atomic E-state index is 0.356. The van der Waals surface area contributed by atoms with Crippen LogP contribution in [0.5, 0.6) is 0 Å². The molecule has 74 valence electrons. The monoisotopic (exact) mass is 247 g/mol. The van der Waals surface area contributed by atoms with Gasteiger partial charge in [0.05, 0.1) is 10.9 Å². The third kappa shape index (κ3) is 2.03. The number of halogens is 2. The Hall–Kier alpha value is -0.710. The van der Waals surface area contributed by atoms with Gasteiger partial charge in [-0.3, -0.25) is 4.68 Å². The topological polar surface area (TPSA) is 43.8 Å². The molecule has 14 heavy (non-hydrogen) atoms. The van der Waals surface area contributed by atoms with Gasteiger partial charge >= 0.3 is 0 Å². The van der Waals surface area contributed by atoms with E-state index in [0.717, 1.165) is 9.21 Å². The number of thiophene rings is 1. The van der Waals surface area contributed by atoms with E-state index in [2.05, 4.69) is 5.10 Å². The van der Waals surface area contributed by atoms with Crippen LogP contribution >= 0.6 is 34.5 Å². The number of hydrogen-bond acceptors (Lipinski definition) is 3. The van der Waals surface area contributed by atoms with Crippen LogP contribution in [0.15, 0.2) is 18.3 Å². The Bertz CT molecular complexity index is 430. The highest BCUT2D eigenvalue weighted by molar-refractivity contribution is 7.16. The number of rotatable bonds is 2. The zero-order valence-electron chi connectivity index (χ0n) is 7.08. The second kappa shape index (κ2) is 3.81. The number of hydrogen-bond donors (Lipinski definition) is 1. The van der Waals surface area contributed by atoms with Gasteiger partial charge in [-0.1, -0.05) is 23.2 Å². The average Bonchev–Trinajstić information content (AvgIpc) is 2.62. The second-order valence-corrected chi connectivity index (χ2v) is 4.97. The van der Waals surface area contributed by atoms with E-state index in [1.54, 1.807) is 10.9 Å². The highest BCUT2D eigenvalue weighted by atomic mass is 35.5. The number of nitrogens with zero attached hydrogens (tertiary/aromatic N) is 2. The smallest absolute Gasteiger partial charge is 0.164 e. The molecule has 3 nitrogen and oxygen atoms in total. The second-order valence-electron chi connectivity index (χ2n) is 2.77. The normalized spacial score (nSPS) is 10.7. The van der Waals surface area contributed by atoms with Gasteiger partial charge in [0.25, 0.3) is 0 Å². The molecular weight excluding hydrogens is 241 g/mol. The largest absolute Gasteiger partial charge is 0.381 e. The minimum Gasteiger partial charge on any atom is -0.381 e.